The van der Waals surface area contributed by atoms with Crippen LogP contribution < -0.4 is 11.0 Å². The van der Waals surface area contributed by atoms with Crippen LogP contribution in [-0.2, 0) is 16.1 Å². The highest BCUT2D eigenvalue weighted by molar-refractivity contribution is 6.02. The summed E-state index contributed by atoms with van der Waals surface area (Å²) in [5.74, 6) is -0.616. The monoisotopic (exact) mass is 410 g/mol. The lowest BCUT2D eigenvalue weighted by Gasteiger charge is -2.26. The van der Waals surface area contributed by atoms with Crippen LogP contribution in [0.5, 0.6) is 0 Å². The van der Waals surface area contributed by atoms with Crippen LogP contribution >= 0.6 is 0 Å². The lowest BCUT2D eigenvalue weighted by atomic mass is 10.2. The summed E-state index contributed by atoms with van der Waals surface area (Å²) in [6.45, 7) is 1.75. The fourth-order valence-electron chi connectivity index (χ4n) is 2.87. The van der Waals surface area contributed by atoms with Gasteiger partial charge in [0, 0.05) is 31.2 Å². The van der Waals surface area contributed by atoms with Crippen LogP contribution in [0.15, 0.2) is 47.7 Å². The number of nitrogens with one attached hydrogen (secondary N) is 1. The molecule has 1 aliphatic rings. The van der Waals surface area contributed by atoms with E-state index in [1.165, 1.54) is 18.6 Å². The third kappa shape index (κ3) is 4.22. The summed E-state index contributed by atoms with van der Waals surface area (Å²) < 4.78 is 7.32. The number of carbonyl (C=O) groups is 2. The van der Waals surface area contributed by atoms with Gasteiger partial charge in [-0.1, -0.05) is 0 Å². The topological polar surface area (TPSA) is 137 Å². The average molecular weight is 410 g/mol. The first kappa shape index (κ1) is 19.4. The third-order valence-electron chi connectivity index (χ3n) is 4.45. The van der Waals surface area contributed by atoms with Gasteiger partial charge in [-0.3, -0.25) is 14.6 Å². The van der Waals surface area contributed by atoms with E-state index in [1.54, 1.807) is 29.2 Å². The zero-order valence-corrected chi connectivity index (χ0v) is 15.8. The van der Waals surface area contributed by atoms with E-state index in [1.807, 2.05) is 0 Å². The molecule has 1 aliphatic heterocycles. The highest BCUT2D eigenvalue weighted by Crippen LogP contribution is 2.12. The lowest BCUT2D eigenvalue weighted by Crippen LogP contribution is -2.43. The second kappa shape index (κ2) is 8.61. The van der Waals surface area contributed by atoms with Crippen LogP contribution in [0.1, 0.15) is 10.5 Å². The van der Waals surface area contributed by atoms with E-state index in [0.717, 1.165) is 9.36 Å². The van der Waals surface area contributed by atoms with Gasteiger partial charge in [-0.05, 0) is 34.7 Å². The summed E-state index contributed by atoms with van der Waals surface area (Å²) in [4.78, 5) is 46.4. The van der Waals surface area contributed by atoms with Crippen LogP contribution in [0.3, 0.4) is 0 Å². The molecule has 154 valence electrons. The van der Waals surface area contributed by atoms with Gasteiger partial charge in [0.05, 0.1) is 25.1 Å². The van der Waals surface area contributed by atoms with Crippen LogP contribution in [0.4, 0.5) is 5.69 Å². The molecule has 2 aromatic heterocycles. The van der Waals surface area contributed by atoms with Crippen molar-refractivity contribution in [1.29, 1.82) is 0 Å². The number of anilines is 1. The molecule has 4 rings (SSSR count). The number of morpholine rings is 1. The van der Waals surface area contributed by atoms with Gasteiger partial charge >= 0.3 is 5.69 Å². The van der Waals surface area contributed by atoms with E-state index in [2.05, 4.69) is 25.7 Å². The number of carbonyl (C=O) groups excluding carboxylic acids is 2. The predicted molar refractivity (Wildman–Crippen MR) is 103 cm³/mol. The molecular weight excluding hydrogens is 392 g/mol. The van der Waals surface area contributed by atoms with Crippen molar-refractivity contribution >= 4 is 17.5 Å². The Hall–Kier alpha value is -3.93. The largest absolute Gasteiger partial charge is 0.378 e. The van der Waals surface area contributed by atoms with Gasteiger partial charge in [-0.15, -0.1) is 0 Å². The van der Waals surface area contributed by atoms with E-state index in [9.17, 15) is 14.4 Å². The zero-order chi connectivity index (χ0) is 20.9. The highest BCUT2D eigenvalue weighted by Gasteiger charge is 2.19. The summed E-state index contributed by atoms with van der Waals surface area (Å²) >= 11 is 0. The molecule has 30 heavy (non-hydrogen) atoms. The number of nitrogens with zero attached hydrogens (tertiary/aromatic N) is 7. The smallest absolute Gasteiger partial charge is 0.368 e. The van der Waals surface area contributed by atoms with Crippen molar-refractivity contribution in [3.05, 3.63) is 59.0 Å². The third-order valence-corrected chi connectivity index (χ3v) is 4.45. The van der Waals surface area contributed by atoms with Crippen molar-refractivity contribution in [2.24, 2.45) is 0 Å². The number of rotatable bonds is 5. The Morgan fingerprint density at radius 1 is 1.07 bits per heavy atom. The summed E-state index contributed by atoms with van der Waals surface area (Å²) in [5.41, 5.74) is 0.610. The Bertz CT molecular complexity index is 1090. The Morgan fingerprint density at radius 3 is 2.53 bits per heavy atom. The maximum atomic E-state index is 12.6. The van der Waals surface area contributed by atoms with E-state index in [4.69, 9.17) is 4.74 Å². The molecule has 1 aromatic carbocycles. The molecule has 0 bridgehead atoms. The van der Waals surface area contributed by atoms with Gasteiger partial charge in [-0.2, -0.15) is 9.36 Å². The zero-order valence-electron chi connectivity index (χ0n) is 15.8. The molecule has 0 atom stereocenters. The fourth-order valence-corrected chi connectivity index (χ4v) is 2.87. The molecule has 0 radical (unpaired) electrons. The van der Waals surface area contributed by atoms with Gasteiger partial charge in [0.15, 0.2) is 0 Å². The normalized spacial score (nSPS) is 13.8. The van der Waals surface area contributed by atoms with Crippen LogP contribution in [0.2, 0.25) is 0 Å². The molecule has 0 spiro atoms. The number of amides is 2. The molecule has 0 unspecified atom stereocenters. The Labute approximate surface area is 170 Å². The SMILES string of the molecule is O=C(Nc1ccc(-n2nnn(CC(=O)N3CCOCC3)c2=O)cc1)c1cnccn1. The first-order valence-corrected chi connectivity index (χ1v) is 9.18. The van der Waals surface area contributed by atoms with E-state index >= 15 is 0 Å². The molecule has 3 heterocycles. The quantitative estimate of drug-likeness (QED) is 0.585. The van der Waals surface area contributed by atoms with Gasteiger partial charge in [0.1, 0.15) is 12.2 Å². The number of benzene rings is 1. The van der Waals surface area contributed by atoms with Crippen LogP contribution in [0, 0.1) is 0 Å². The Kier molecular flexibility index (Phi) is 5.57. The number of aromatic nitrogens is 6. The van der Waals surface area contributed by atoms with Crippen LogP contribution in [-0.4, -0.2) is 72.8 Å². The summed E-state index contributed by atoms with van der Waals surface area (Å²) in [6.07, 6.45) is 4.27. The molecular formula is C18H18N8O4. The molecule has 0 aliphatic carbocycles. The molecule has 12 nitrogen and oxygen atoms in total. The summed E-state index contributed by atoms with van der Waals surface area (Å²) in [7, 11) is 0. The van der Waals surface area contributed by atoms with Crippen molar-refractivity contribution in [3.63, 3.8) is 0 Å². The van der Waals surface area contributed by atoms with E-state index in [-0.39, 0.29) is 18.1 Å². The molecule has 3 aromatic rings. The standard InChI is InChI=1S/C18H18N8O4/c27-16(24-7-9-30-10-8-24)12-25-18(29)26(23-22-25)14-3-1-13(2-4-14)21-17(28)15-11-19-5-6-20-15/h1-6,11H,7-10,12H2,(H,21,28). The number of hydrogen-bond donors (Lipinski definition) is 1. The van der Waals surface area contributed by atoms with Crippen molar-refractivity contribution in [2.75, 3.05) is 31.6 Å². The molecule has 2 amide bonds. The van der Waals surface area contributed by atoms with Crippen molar-refractivity contribution in [2.45, 2.75) is 6.54 Å². The first-order valence-electron chi connectivity index (χ1n) is 9.18. The van der Waals surface area contributed by atoms with E-state index in [0.29, 0.717) is 37.7 Å². The highest BCUT2D eigenvalue weighted by atomic mass is 16.5. The number of tetrazole rings is 1. The molecule has 1 fully saturated rings. The predicted octanol–water partition coefficient (Wildman–Crippen LogP) is -0.670. The van der Waals surface area contributed by atoms with Gasteiger partial charge in [0.2, 0.25) is 5.91 Å². The van der Waals surface area contributed by atoms with E-state index < -0.39 is 11.6 Å². The maximum Gasteiger partial charge on any atom is 0.368 e. The van der Waals surface area contributed by atoms with Crippen molar-refractivity contribution in [1.82, 2.24) is 34.7 Å². The number of ether oxygens (including phenoxy) is 1. The molecule has 12 heteroatoms. The van der Waals surface area contributed by atoms with Crippen molar-refractivity contribution < 1.29 is 14.3 Å². The average Bonchev–Trinajstić information content (AvgIpc) is 3.15. The maximum absolute atomic E-state index is 12.6. The summed E-state index contributed by atoms with van der Waals surface area (Å²) in [5, 5.41) is 10.3. The Balaban J connectivity index is 1.44. The minimum atomic E-state index is -0.534. The minimum Gasteiger partial charge on any atom is -0.378 e. The van der Waals surface area contributed by atoms with Gasteiger partial charge in [-0.25, -0.2) is 9.78 Å². The number of hydrogen-bond acceptors (Lipinski definition) is 8. The molecule has 1 N–H and O–H groups in total. The first-order chi connectivity index (χ1) is 14.6. The Morgan fingerprint density at radius 2 is 1.83 bits per heavy atom. The van der Waals surface area contributed by atoms with Gasteiger partial charge in [0.25, 0.3) is 5.91 Å². The molecule has 0 saturated carbocycles. The van der Waals surface area contributed by atoms with Crippen molar-refractivity contribution in [3.8, 4) is 5.69 Å². The fraction of sp³-hybridized carbons (Fsp3) is 0.278. The van der Waals surface area contributed by atoms with Gasteiger partial charge < -0.3 is 15.0 Å². The van der Waals surface area contributed by atoms with Crippen LogP contribution in [0.25, 0.3) is 5.69 Å². The summed E-state index contributed by atoms with van der Waals surface area (Å²) in [6, 6.07) is 6.45. The molecule has 1 saturated heterocycles. The second-order valence-electron chi connectivity index (χ2n) is 6.42. The second-order valence-corrected chi connectivity index (χ2v) is 6.42. The minimum absolute atomic E-state index is 0.186. The lowest BCUT2D eigenvalue weighted by molar-refractivity contribution is -0.136.